The van der Waals surface area contributed by atoms with Gasteiger partial charge in [0.1, 0.15) is 34.3 Å². The first-order chi connectivity index (χ1) is 29.2. The number of hydrogen-bond acceptors (Lipinski definition) is 13. The molecule has 0 saturated carbocycles. The third-order valence-corrected chi connectivity index (χ3v) is 10.7. The van der Waals surface area contributed by atoms with Gasteiger partial charge in [0, 0.05) is 56.1 Å². The molecule has 0 radical (unpaired) electrons. The van der Waals surface area contributed by atoms with E-state index in [-0.39, 0.29) is 54.3 Å². The Morgan fingerprint density at radius 2 is 1.67 bits per heavy atom. The van der Waals surface area contributed by atoms with Crippen LogP contribution in [-0.2, 0) is 23.9 Å². The fraction of sp³-hybridized carbons (Fsp3) is 0.333. The van der Waals surface area contributed by atoms with Gasteiger partial charge in [0.05, 0.1) is 62.8 Å². The van der Waals surface area contributed by atoms with E-state index in [0.717, 1.165) is 16.2 Å². The average Bonchev–Trinajstić information content (AvgIpc) is 3.80. The number of piperazine rings is 1. The van der Waals surface area contributed by atoms with Crippen LogP contribution in [0.4, 0.5) is 15.8 Å². The van der Waals surface area contributed by atoms with E-state index in [9.17, 15) is 28.4 Å². The number of aromatic nitrogens is 4. The fourth-order valence-corrected chi connectivity index (χ4v) is 7.63. The molecule has 8 rings (SSSR count). The molecule has 3 aliphatic heterocycles. The molecule has 5 heterocycles. The molecule has 18 heteroatoms. The summed E-state index contributed by atoms with van der Waals surface area (Å²) in [4.78, 5) is 77.1. The molecule has 310 valence electrons. The van der Waals surface area contributed by atoms with Gasteiger partial charge in [0.2, 0.25) is 17.7 Å². The average molecular weight is 820 g/mol. The molecule has 2 saturated heterocycles. The number of nitrogens with zero attached hydrogens (tertiary/aromatic N) is 6. The number of carbonyl (C=O) groups is 5. The number of amides is 5. The summed E-state index contributed by atoms with van der Waals surface area (Å²) in [7, 11) is 1.47. The van der Waals surface area contributed by atoms with E-state index in [1.54, 1.807) is 36.5 Å². The van der Waals surface area contributed by atoms with Crippen LogP contribution in [-0.4, -0.2) is 132 Å². The van der Waals surface area contributed by atoms with Crippen molar-refractivity contribution in [1.29, 1.82) is 0 Å². The first kappa shape index (κ1) is 40.0. The lowest BCUT2D eigenvalue weighted by atomic mass is 10.0. The Bertz CT molecular complexity index is 2450. The number of nitrogens with one attached hydrogen (secondary N) is 3. The van der Waals surface area contributed by atoms with Crippen molar-refractivity contribution in [2.45, 2.75) is 25.3 Å². The molecule has 3 N–H and O–H groups in total. The SMILES string of the molecule is COc1cccc(F)c1-c1ncc2[nH]nc(-c3ccc(N4CCN(C(=O)CCOCCOCCNc5cccc6c5C(=O)N(C5CCC(=O)NC5=O)C6=O)CC4)cc3)c2n1. The molecule has 0 spiro atoms. The third kappa shape index (κ3) is 8.10. The summed E-state index contributed by atoms with van der Waals surface area (Å²) in [6.45, 7) is 4.02. The Morgan fingerprint density at radius 3 is 2.43 bits per heavy atom. The van der Waals surface area contributed by atoms with E-state index in [4.69, 9.17) is 14.2 Å². The van der Waals surface area contributed by atoms with E-state index in [0.29, 0.717) is 80.7 Å². The zero-order valence-electron chi connectivity index (χ0n) is 32.7. The van der Waals surface area contributed by atoms with Crippen LogP contribution >= 0.6 is 0 Å². The minimum Gasteiger partial charge on any atom is -0.496 e. The van der Waals surface area contributed by atoms with Crippen LogP contribution in [0.2, 0.25) is 0 Å². The number of benzene rings is 3. The highest BCUT2D eigenvalue weighted by Crippen LogP contribution is 2.34. The number of aromatic amines is 1. The van der Waals surface area contributed by atoms with Gasteiger partial charge in [-0.05, 0) is 42.8 Å². The molecule has 3 aliphatic rings. The minimum atomic E-state index is -1.03. The summed E-state index contributed by atoms with van der Waals surface area (Å²) in [6.07, 6.45) is 1.97. The molecule has 0 bridgehead atoms. The van der Waals surface area contributed by atoms with Gasteiger partial charge in [-0.15, -0.1) is 0 Å². The lowest BCUT2D eigenvalue weighted by molar-refractivity contribution is -0.136. The molecule has 2 aromatic heterocycles. The van der Waals surface area contributed by atoms with Crippen LogP contribution in [0.5, 0.6) is 5.75 Å². The number of piperidine rings is 1. The van der Waals surface area contributed by atoms with E-state index < -0.39 is 35.5 Å². The van der Waals surface area contributed by atoms with Crippen LogP contribution in [0, 0.1) is 5.82 Å². The normalized spacial score (nSPS) is 16.7. The Morgan fingerprint density at radius 1 is 0.900 bits per heavy atom. The first-order valence-electron chi connectivity index (χ1n) is 19.6. The van der Waals surface area contributed by atoms with Crippen molar-refractivity contribution in [1.82, 2.24) is 35.3 Å². The monoisotopic (exact) mass is 819 g/mol. The Balaban J connectivity index is 0.738. The molecule has 1 unspecified atom stereocenters. The van der Waals surface area contributed by atoms with Gasteiger partial charge in [-0.25, -0.2) is 14.4 Å². The van der Waals surface area contributed by atoms with Crippen LogP contribution < -0.4 is 20.3 Å². The van der Waals surface area contributed by atoms with Gasteiger partial charge in [-0.3, -0.25) is 39.3 Å². The second-order valence-electron chi connectivity index (χ2n) is 14.3. The lowest BCUT2D eigenvalue weighted by Crippen LogP contribution is -2.54. The van der Waals surface area contributed by atoms with Crippen molar-refractivity contribution < 1.29 is 42.6 Å². The maximum Gasteiger partial charge on any atom is 0.264 e. The van der Waals surface area contributed by atoms with E-state index in [1.165, 1.54) is 13.2 Å². The van der Waals surface area contributed by atoms with Crippen molar-refractivity contribution in [3.63, 3.8) is 0 Å². The Labute approximate surface area is 343 Å². The van der Waals surface area contributed by atoms with E-state index in [1.807, 2.05) is 29.2 Å². The van der Waals surface area contributed by atoms with Crippen LogP contribution in [0.3, 0.4) is 0 Å². The van der Waals surface area contributed by atoms with Crippen molar-refractivity contribution in [3.05, 3.63) is 83.8 Å². The van der Waals surface area contributed by atoms with Crippen LogP contribution in [0.15, 0.2) is 66.9 Å². The van der Waals surface area contributed by atoms with Crippen molar-refractivity contribution >= 4 is 51.9 Å². The number of hydrogen-bond donors (Lipinski definition) is 3. The quantitative estimate of drug-likeness (QED) is 0.103. The fourth-order valence-electron chi connectivity index (χ4n) is 7.63. The number of imide groups is 2. The van der Waals surface area contributed by atoms with E-state index in [2.05, 4.69) is 35.7 Å². The summed E-state index contributed by atoms with van der Waals surface area (Å²) in [5.41, 5.74) is 4.66. The van der Waals surface area contributed by atoms with Gasteiger partial charge in [0.15, 0.2) is 5.82 Å². The van der Waals surface area contributed by atoms with E-state index >= 15 is 0 Å². The predicted octanol–water partition coefficient (Wildman–Crippen LogP) is 3.42. The number of methoxy groups -OCH3 is 1. The predicted molar refractivity (Wildman–Crippen MR) is 216 cm³/mol. The lowest BCUT2D eigenvalue weighted by Gasteiger charge is -2.36. The summed E-state index contributed by atoms with van der Waals surface area (Å²) in [6, 6.07) is 16.4. The third-order valence-electron chi connectivity index (χ3n) is 10.7. The maximum absolute atomic E-state index is 14.8. The number of anilines is 2. The van der Waals surface area contributed by atoms with Gasteiger partial charge < -0.3 is 29.3 Å². The molecule has 2 fully saturated rings. The molecule has 1 atom stereocenters. The highest BCUT2D eigenvalue weighted by atomic mass is 19.1. The number of fused-ring (bicyclic) bond motifs is 2. The second-order valence-corrected chi connectivity index (χ2v) is 14.3. The first-order valence-corrected chi connectivity index (χ1v) is 19.6. The van der Waals surface area contributed by atoms with Gasteiger partial charge in [-0.2, -0.15) is 5.10 Å². The second kappa shape index (κ2) is 17.6. The highest BCUT2D eigenvalue weighted by Gasteiger charge is 2.45. The molecule has 60 heavy (non-hydrogen) atoms. The van der Waals surface area contributed by atoms with Crippen molar-refractivity contribution in [2.75, 3.05) is 76.5 Å². The highest BCUT2D eigenvalue weighted by molar-refractivity contribution is 6.25. The Hall–Kier alpha value is -6.79. The van der Waals surface area contributed by atoms with Gasteiger partial charge >= 0.3 is 0 Å². The van der Waals surface area contributed by atoms with Crippen LogP contribution in [0.25, 0.3) is 33.7 Å². The smallest absolute Gasteiger partial charge is 0.264 e. The standard InChI is InChI=1S/C42H42FN9O8/c1-58-32-7-3-5-28(43)36(32)39-45-24-30-38(47-39)37(49-48-30)25-8-10-26(11-9-25)50-16-18-51(19-17-50)34(54)14-20-59-22-23-60-21-15-44-29-6-2-4-27-35(29)42(57)52(41(27)56)31-12-13-33(53)46-40(31)55/h2-11,24,31,44H,12-23H2,1H3,(H,48,49)(H,46,53,55). The number of carbonyl (C=O) groups excluding carboxylic acids is 5. The zero-order chi connectivity index (χ0) is 41.8. The number of H-pyrrole nitrogens is 1. The molecule has 5 amide bonds. The van der Waals surface area contributed by atoms with Gasteiger partial charge in [-0.1, -0.05) is 24.3 Å². The molecule has 0 aliphatic carbocycles. The molecule has 5 aromatic rings. The van der Waals surface area contributed by atoms with Crippen molar-refractivity contribution in [2.24, 2.45) is 0 Å². The maximum atomic E-state index is 14.8. The minimum absolute atomic E-state index is 0.0227. The Kier molecular flexibility index (Phi) is 11.7. The largest absolute Gasteiger partial charge is 0.496 e. The van der Waals surface area contributed by atoms with Gasteiger partial charge in [0.25, 0.3) is 11.8 Å². The number of halogens is 1. The topological polar surface area (TPSA) is 201 Å². The van der Waals surface area contributed by atoms with Crippen LogP contribution in [0.1, 0.15) is 40.0 Å². The zero-order valence-corrected chi connectivity index (χ0v) is 32.7. The molecular weight excluding hydrogens is 778 g/mol. The molecule has 17 nitrogen and oxygen atoms in total. The summed E-state index contributed by atoms with van der Waals surface area (Å²) in [5.74, 6) is -2.16. The summed E-state index contributed by atoms with van der Waals surface area (Å²) >= 11 is 0. The number of ether oxygens (including phenoxy) is 3. The van der Waals surface area contributed by atoms with Crippen molar-refractivity contribution in [3.8, 4) is 28.4 Å². The molecular formula is C42H42FN9O8. The summed E-state index contributed by atoms with van der Waals surface area (Å²) in [5, 5.41) is 12.8. The number of rotatable bonds is 15. The molecule has 3 aromatic carbocycles. The summed E-state index contributed by atoms with van der Waals surface area (Å²) < 4.78 is 31.4.